The molecule has 2 fully saturated rings. The van der Waals surface area contributed by atoms with E-state index in [1.54, 1.807) is 0 Å². The lowest BCUT2D eigenvalue weighted by Gasteiger charge is -2.47. The highest BCUT2D eigenvalue weighted by Crippen LogP contribution is 2.51. The first-order valence-corrected chi connectivity index (χ1v) is 6.68. The Balaban J connectivity index is 2.04. The lowest BCUT2D eigenvalue weighted by Crippen LogP contribution is -2.50. The maximum Gasteiger partial charge on any atom is 0.313 e. The summed E-state index contributed by atoms with van der Waals surface area (Å²) in [6, 6.07) is 0. The molecule has 0 aromatic heterocycles. The van der Waals surface area contributed by atoms with Crippen LogP contribution in [0.3, 0.4) is 0 Å². The van der Waals surface area contributed by atoms with Crippen molar-refractivity contribution in [3.05, 3.63) is 11.6 Å². The van der Waals surface area contributed by atoms with Crippen molar-refractivity contribution < 1.29 is 14.6 Å². The topological polar surface area (TPSA) is 46.5 Å². The lowest BCUT2D eigenvalue weighted by atomic mass is 9.60. The summed E-state index contributed by atoms with van der Waals surface area (Å²) in [6.45, 7) is 4.03. The number of esters is 1. The maximum atomic E-state index is 11.8. The molecule has 1 N–H and O–H groups in total. The average Bonchev–Trinajstić information content (AvgIpc) is 2.56. The van der Waals surface area contributed by atoms with Crippen LogP contribution in [0.4, 0.5) is 0 Å². The Morgan fingerprint density at radius 3 is 2.94 bits per heavy atom. The van der Waals surface area contributed by atoms with E-state index in [9.17, 15) is 9.90 Å². The molecule has 0 amide bonds. The zero-order valence-electron chi connectivity index (χ0n) is 10.5. The van der Waals surface area contributed by atoms with Crippen molar-refractivity contribution in [2.75, 3.05) is 0 Å². The third kappa shape index (κ3) is 1.41. The average molecular weight is 236 g/mol. The molecule has 0 radical (unpaired) electrons. The lowest BCUT2D eigenvalue weighted by molar-refractivity contribution is -0.142. The quantitative estimate of drug-likeness (QED) is 0.517. The second kappa shape index (κ2) is 3.58. The third-order valence-electron chi connectivity index (χ3n) is 5.05. The van der Waals surface area contributed by atoms with Gasteiger partial charge < -0.3 is 9.84 Å². The van der Waals surface area contributed by atoms with Gasteiger partial charge in [0.25, 0.3) is 0 Å². The van der Waals surface area contributed by atoms with Crippen LogP contribution in [0.2, 0.25) is 0 Å². The molecule has 1 unspecified atom stereocenters. The molecular weight excluding hydrogens is 216 g/mol. The van der Waals surface area contributed by atoms with Crippen molar-refractivity contribution in [3.8, 4) is 0 Å². The van der Waals surface area contributed by atoms with Crippen molar-refractivity contribution in [1.29, 1.82) is 0 Å². The second-order valence-corrected chi connectivity index (χ2v) is 5.86. The SMILES string of the molecule is C[C@@H]1[C@H]2C(C=C3CCCC[C@]31O)C(=O)O[C@@H]2C. The monoisotopic (exact) mass is 236 g/mol. The molecule has 5 atom stereocenters. The third-order valence-corrected chi connectivity index (χ3v) is 5.05. The van der Waals surface area contributed by atoms with Crippen LogP contribution in [0.25, 0.3) is 0 Å². The van der Waals surface area contributed by atoms with E-state index in [0.29, 0.717) is 0 Å². The van der Waals surface area contributed by atoms with Crippen molar-refractivity contribution in [3.63, 3.8) is 0 Å². The van der Waals surface area contributed by atoms with E-state index in [1.807, 2.05) is 13.0 Å². The predicted octanol–water partition coefficient (Wildman–Crippen LogP) is 2.05. The summed E-state index contributed by atoms with van der Waals surface area (Å²) in [5, 5.41) is 10.9. The molecule has 2 aliphatic carbocycles. The Morgan fingerprint density at radius 2 is 2.18 bits per heavy atom. The van der Waals surface area contributed by atoms with Gasteiger partial charge in [-0.1, -0.05) is 13.0 Å². The minimum atomic E-state index is -0.679. The molecule has 3 nitrogen and oxygen atoms in total. The van der Waals surface area contributed by atoms with E-state index in [1.165, 1.54) is 0 Å². The summed E-state index contributed by atoms with van der Waals surface area (Å²) in [7, 11) is 0. The molecule has 0 bridgehead atoms. The van der Waals surface area contributed by atoms with Gasteiger partial charge in [0, 0.05) is 5.92 Å². The highest BCUT2D eigenvalue weighted by molar-refractivity contribution is 5.78. The van der Waals surface area contributed by atoms with Gasteiger partial charge in [-0.05, 0) is 44.1 Å². The molecule has 3 rings (SSSR count). The van der Waals surface area contributed by atoms with E-state index >= 15 is 0 Å². The Hall–Kier alpha value is -0.830. The summed E-state index contributed by atoms with van der Waals surface area (Å²) in [5.74, 6) is 0.0476. The molecule has 0 spiro atoms. The fraction of sp³-hybridized carbons (Fsp3) is 0.786. The minimum absolute atomic E-state index is 0.0637. The van der Waals surface area contributed by atoms with Gasteiger partial charge in [0.15, 0.2) is 0 Å². The smallest absolute Gasteiger partial charge is 0.313 e. The van der Waals surface area contributed by atoms with Gasteiger partial charge >= 0.3 is 5.97 Å². The summed E-state index contributed by atoms with van der Waals surface area (Å²) in [6.07, 6.45) is 5.93. The molecule has 17 heavy (non-hydrogen) atoms. The van der Waals surface area contributed by atoms with E-state index in [0.717, 1.165) is 31.3 Å². The van der Waals surface area contributed by atoms with Gasteiger partial charge in [-0.3, -0.25) is 4.79 Å². The number of rotatable bonds is 0. The van der Waals surface area contributed by atoms with Crippen molar-refractivity contribution in [1.82, 2.24) is 0 Å². The van der Waals surface area contributed by atoms with Crippen LogP contribution >= 0.6 is 0 Å². The van der Waals surface area contributed by atoms with Gasteiger partial charge in [0.05, 0.1) is 11.5 Å². The van der Waals surface area contributed by atoms with Crippen LogP contribution in [0, 0.1) is 17.8 Å². The van der Waals surface area contributed by atoms with Crippen LogP contribution in [0.1, 0.15) is 39.5 Å². The molecule has 3 aliphatic rings. The molecule has 94 valence electrons. The van der Waals surface area contributed by atoms with Crippen LogP contribution < -0.4 is 0 Å². The van der Waals surface area contributed by atoms with Crippen LogP contribution in [-0.4, -0.2) is 22.8 Å². The molecule has 1 saturated heterocycles. The zero-order chi connectivity index (χ0) is 12.2. The van der Waals surface area contributed by atoms with Crippen LogP contribution in [0.15, 0.2) is 11.6 Å². The van der Waals surface area contributed by atoms with Gasteiger partial charge in [-0.15, -0.1) is 0 Å². The van der Waals surface area contributed by atoms with Crippen molar-refractivity contribution in [2.24, 2.45) is 17.8 Å². The number of carbonyl (C=O) groups is 1. The largest absolute Gasteiger partial charge is 0.462 e. The molecule has 3 heteroatoms. The summed E-state index contributed by atoms with van der Waals surface area (Å²) < 4.78 is 5.34. The summed E-state index contributed by atoms with van der Waals surface area (Å²) in [5.41, 5.74) is 0.408. The second-order valence-electron chi connectivity index (χ2n) is 5.86. The molecule has 0 aromatic carbocycles. The molecule has 1 heterocycles. The van der Waals surface area contributed by atoms with Gasteiger partial charge in [-0.2, -0.15) is 0 Å². The first-order chi connectivity index (χ1) is 8.04. The standard InChI is InChI=1S/C14H20O3/c1-8-12-9(2)17-13(15)11(12)7-10-5-3-4-6-14(8,10)16/h7-9,11-12,16H,3-6H2,1-2H3/t8-,9-,11?,12-,14-/m1/s1. The number of aliphatic hydroxyl groups is 1. The molecule has 1 aliphatic heterocycles. The van der Waals surface area contributed by atoms with Crippen LogP contribution in [-0.2, 0) is 9.53 Å². The Labute approximate surface area is 102 Å². The van der Waals surface area contributed by atoms with E-state index in [-0.39, 0.29) is 29.8 Å². The number of hydrogen-bond acceptors (Lipinski definition) is 3. The summed E-state index contributed by atoms with van der Waals surface area (Å²) in [4.78, 5) is 11.8. The van der Waals surface area contributed by atoms with E-state index in [2.05, 4.69) is 6.92 Å². The highest BCUT2D eigenvalue weighted by atomic mass is 16.6. The van der Waals surface area contributed by atoms with Gasteiger partial charge in [0.2, 0.25) is 0 Å². The first kappa shape index (κ1) is 11.3. The molecular formula is C14H20O3. The van der Waals surface area contributed by atoms with Crippen molar-refractivity contribution in [2.45, 2.75) is 51.2 Å². The van der Waals surface area contributed by atoms with Gasteiger partial charge in [0.1, 0.15) is 6.10 Å². The Bertz CT molecular complexity index is 387. The minimum Gasteiger partial charge on any atom is -0.462 e. The predicted molar refractivity (Wildman–Crippen MR) is 63.2 cm³/mol. The van der Waals surface area contributed by atoms with Crippen molar-refractivity contribution >= 4 is 5.97 Å². The molecule has 0 aromatic rings. The zero-order valence-corrected chi connectivity index (χ0v) is 10.5. The van der Waals surface area contributed by atoms with Gasteiger partial charge in [-0.25, -0.2) is 0 Å². The fourth-order valence-corrected chi connectivity index (χ4v) is 4.06. The maximum absolute atomic E-state index is 11.8. The Morgan fingerprint density at radius 1 is 1.41 bits per heavy atom. The number of ether oxygens (including phenoxy) is 1. The van der Waals surface area contributed by atoms with Crippen LogP contribution in [0.5, 0.6) is 0 Å². The highest BCUT2D eigenvalue weighted by Gasteiger charge is 2.55. The number of hydrogen-bond donors (Lipinski definition) is 1. The van der Waals surface area contributed by atoms with E-state index < -0.39 is 5.60 Å². The normalized spacial score (nSPS) is 49.1. The Kier molecular flexibility index (Phi) is 2.37. The molecule has 1 saturated carbocycles. The number of carbonyl (C=O) groups excluding carboxylic acids is 1. The number of fused-ring (bicyclic) bond motifs is 2. The fourth-order valence-electron chi connectivity index (χ4n) is 4.06. The summed E-state index contributed by atoms with van der Waals surface area (Å²) >= 11 is 0. The number of cyclic esters (lactones) is 1. The first-order valence-electron chi connectivity index (χ1n) is 6.68. The van der Waals surface area contributed by atoms with E-state index in [4.69, 9.17) is 4.74 Å².